The van der Waals surface area contributed by atoms with Crippen LogP contribution in [0, 0.1) is 15.4 Å². The van der Waals surface area contributed by atoms with E-state index in [4.69, 9.17) is 9.15 Å². The predicted molar refractivity (Wildman–Crippen MR) is 127 cm³/mol. The van der Waals surface area contributed by atoms with E-state index in [2.05, 4.69) is 37.8 Å². The molecule has 0 radical (unpaired) electrons. The summed E-state index contributed by atoms with van der Waals surface area (Å²) in [5, 5.41) is 2.93. The van der Waals surface area contributed by atoms with Crippen LogP contribution in [-0.2, 0) is 4.74 Å². The van der Waals surface area contributed by atoms with Crippen LogP contribution in [0.1, 0.15) is 33.6 Å². The van der Waals surface area contributed by atoms with E-state index in [1.807, 2.05) is 26.8 Å². The Kier molecular flexibility index (Phi) is 6.28. The Hall–Kier alpha value is -2.43. The Labute approximate surface area is 198 Å². The van der Waals surface area contributed by atoms with Gasteiger partial charge in [-0.05, 0) is 73.9 Å². The van der Waals surface area contributed by atoms with Gasteiger partial charge >= 0.3 is 6.09 Å². The number of halogens is 3. The molecule has 0 atom stereocenters. The van der Waals surface area contributed by atoms with Gasteiger partial charge in [-0.25, -0.2) is 13.6 Å². The molecule has 3 heterocycles. The summed E-state index contributed by atoms with van der Waals surface area (Å²) >= 11 is 2.08. The molecule has 1 N–H and O–H groups in total. The number of carbonyl (C=O) groups excluding carboxylic acids is 1. The van der Waals surface area contributed by atoms with Crippen molar-refractivity contribution in [1.82, 2.24) is 10.3 Å². The molecule has 2 aromatic heterocycles. The highest BCUT2D eigenvalue weighted by molar-refractivity contribution is 14.1. The first-order valence-corrected chi connectivity index (χ1v) is 11.5. The topological polar surface area (TPSA) is 67.6 Å². The van der Waals surface area contributed by atoms with Crippen LogP contribution in [0.4, 0.5) is 19.3 Å². The lowest BCUT2D eigenvalue weighted by Crippen LogP contribution is -2.46. The van der Waals surface area contributed by atoms with E-state index in [1.54, 1.807) is 6.20 Å². The maximum atomic E-state index is 13.9. The maximum Gasteiger partial charge on any atom is 0.407 e. The number of hydrogen-bond acceptors (Lipinski definition) is 5. The van der Waals surface area contributed by atoms with Crippen LogP contribution in [0.3, 0.4) is 0 Å². The van der Waals surface area contributed by atoms with E-state index in [9.17, 15) is 13.6 Å². The van der Waals surface area contributed by atoms with Crippen LogP contribution in [0.5, 0.6) is 0 Å². The van der Waals surface area contributed by atoms with Crippen LogP contribution in [0.2, 0.25) is 0 Å². The van der Waals surface area contributed by atoms with E-state index >= 15 is 0 Å². The Bertz CT molecular complexity index is 1130. The van der Waals surface area contributed by atoms with Crippen molar-refractivity contribution in [3.05, 3.63) is 45.9 Å². The number of hydrogen-bond donors (Lipinski definition) is 1. The SMILES string of the molecule is CC(C)(C)OC(=O)NC1CCN(c2c(-c3cc(F)cc(F)c3)cnc3cc(I)oc23)CC1. The van der Waals surface area contributed by atoms with Gasteiger partial charge in [0.15, 0.2) is 9.35 Å². The first-order valence-electron chi connectivity index (χ1n) is 10.4. The normalized spacial score (nSPS) is 15.2. The molecule has 0 saturated carbocycles. The highest BCUT2D eigenvalue weighted by Gasteiger charge is 2.27. The Morgan fingerprint density at radius 2 is 1.84 bits per heavy atom. The third-order valence-corrected chi connectivity index (χ3v) is 5.72. The molecule has 1 amide bonds. The Morgan fingerprint density at radius 1 is 1.19 bits per heavy atom. The van der Waals surface area contributed by atoms with Crippen molar-refractivity contribution in [3.8, 4) is 11.1 Å². The van der Waals surface area contributed by atoms with Crippen molar-refractivity contribution in [3.63, 3.8) is 0 Å². The van der Waals surface area contributed by atoms with E-state index in [-0.39, 0.29) is 6.04 Å². The zero-order valence-corrected chi connectivity index (χ0v) is 20.2. The predicted octanol–water partition coefficient (Wildman–Crippen LogP) is 5.87. The number of aromatic nitrogens is 1. The van der Waals surface area contributed by atoms with Gasteiger partial charge in [0.05, 0.1) is 5.69 Å². The van der Waals surface area contributed by atoms with E-state index in [1.165, 1.54) is 12.1 Å². The fourth-order valence-electron chi connectivity index (χ4n) is 3.89. The zero-order chi connectivity index (χ0) is 23.0. The lowest BCUT2D eigenvalue weighted by Gasteiger charge is -2.35. The standard InChI is InChI=1S/C23H24F2IN3O3/c1-23(2,3)32-22(30)28-16-4-6-29(7-5-16)20-17(13-8-14(24)10-15(25)9-13)12-27-18-11-19(26)31-21(18)20/h8-12,16H,4-7H2,1-3H3,(H,28,30). The smallest absolute Gasteiger partial charge is 0.407 e. The molecular formula is C23H24F2IN3O3. The van der Waals surface area contributed by atoms with Gasteiger partial charge in [0.2, 0.25) is 0 Å². The fraction of sp³-hybridized carbons (Fsp3) is 0.391. The Balaban J connectivity index is 1.62. The molecule has 1 aliphatic rings. The number of furan rings is 1. The van der Waals surface area contributed by atoms with Crippen LogP contribution in [-0.4, -0.2) is 35.8 Å². The second-order valence-corrected chi connectivity index (χ2v) is 9.91. The van der Waals surface area contributed by atoms with Crippen molar-refractivity contribution < 1.29 is 22.7 Å². The molecule has 0 unspecified atom stereocenters. The minimum Gasteiger partial charge on any atom is -0.446 e. The number of ether oxygens (including phenoxy) is 1. The number of amides is 1. The van der Waals surface area contributed by atoms with Crippen molar-refractivity contribution in [2.24, 2.45) is 0 Å². The van der Waals surface area contributed by atoms with Gasteiger partial charge in [0.1, 0.15) is 22.8 Å². The van der Waals surface area contributed by atoms with Gasteiger partial charge in [0, 0.05) is 43.0 Å². The second-order valence-electron chi connectivity index (χ2n) is 8.85. The molecular weight excluding hydrogens is 531 g/mol. The summed E-state index contributed by atoms with van der Waals surface area (Å²) in [5.41, 5.74) is 2.44. The first kappa shape index (κ1) is 22.8. The molecule has 1 fully saturated rings. The molecule has 1 aromatic carbocycles. The van der Waals surface area contributed by atoms with Gasteiger partial charge in [-0.2, -0.15) is 0 Å². The number of nitrogens with zero attached hydrogens (tertiary/aromatic N) is 2. The maximum absolute atomic E-state index is 13.9. The number of carbonyl (C=O) groups is 1. The van der Waals surface area contributed by atoms with Crippen LogP contribution < -0.4 is 10.2 Å². The third kappa shape index (κ3) is 5.13. The second kappa shape index (κ2) is 8.84. The van der Waals surface area contributed by atoms with Crippen LogP contribution >= 0.6 is 22.6 Å². The Morgan fingerprint density at radius 3 is 2.47 bits per heavy atom. The van der Waals surface area contributed by atoms with Crippen molar-refractivity contribution in [2.75, 3.05) is 18.0 Å². The molecule has 32 heavy (non-hydrogen) atoms. The number of rotatable bonds is 3. The highest BCUT2D eigenvalue weighted by atomic mass is 127. The number of alkyl carbamates (subject to hydrolysis) is 1. The number of benzene rings is 1. The van der Waals surface area contributed by atoms with Gasteiger partial charge in [-0.3, -0.25) is 4.98 Å². The van der Waals surface area contributed by atoms with Crippen LogP contribution in [0.15, 0.2) is 34.9 Å². The van der Waals surface area contributed by atoms with Crippen molar-refractivity contribution >= 4 is 45.5 Å². The average Bonchev–Trinajstić information content (AvgIpc) is 3.06. The monoisotopic (exact) mass is 555 g/mol. The minimum absolute atomic E-state index is 0.0229. The van der Waals surface area contributed by atoms with Gasteiger partial charge in [0.25, 0.3) is 0 Å². The minimum atomic E-state index is -0.652. The van der Waals surface area contributed by atoms with E-state index < -0.39 is 23.3 Å². The van der Waals surface area contributed by atoms with Crippen LogP contribution in [0.25, 0.3) is 22.2 Å². The summed E-state index contributed by atoms with van der Waals surface area (Å²) in [7, 11) is 0. The molecule has 4 rings (SSSR count). The van der Waals surface area contributed by atoms with Gasteiger partial charge in [-0.15, -0.1) is 0 Å². The molecule has 6 nitrogen and oxygen atoms in total. The molecule has 1 aliphatic heterocycles. The van der Waals surface area contributed by atoms with E-state index in [0.717, 1.165) is 11.8 Å². The lowest BCUT2D eigenvalue weighted by molar-refractivity contribution is 0.0497. The molecule has 170 valence electrons. The zero-order valence-electron chi connectivity index (χ0n) is 18.0. The molecule has 0 aliphatic carbocycles. The summed E-state index contributed by atoms with van der Waals surface area (Å²) in [6.07, 6.45) is 2.58. The van der Waals surface area contributed by atoms with Crippen molar-refractivity contribution in [1.29, 1.82) is 0 Å². The largest absolute Gasteiger partial charge is 0.446 e. The quantitative estimate of drug-likeness (QED) is 0.410. The van der Waals surface area contributed by atoms with Gasteiger partial charge in [-0.1, -0.05) is 0 Å². The summed E-state index contributed by atoms with van der Waals surface area (Å²) in [4.78, 5) is 18.7. The average molecular weight is 555 g/mol. The summed E-state index contributed by atoms with van der Waals surface area (Å²) in [6, 6.07) is 5.23. The number of anilines is 1. The summed E-state index contributed by atoms with van der Waals surface area (Å²) < 4.78 is 39.8. The number of fused-ring (bicyclic) bond motifs is 1. The highest BCUT2D eigenvalue weighted by Crippen LogP contribution is 2.39. The fourth-order valence-corrected chi connectivity index (χ4v) is 4.41. The molecule has 3 aromatic rings. The number of pyridine rings is 1. The summed E-state index contributed by atoms with van der Waals surface area (Å²) in [6.45, 7) is 6.73. The molecule has 9 heteroatoms. The lowest BCUT2D eigenvalue weighted by atomic mass is 10.00. The summed E-state index contributed by atoms with van der Waals surface area (Å²) in [5.74, 6) is -1.30. The number of piperidine rings is 1. The first-order chi connectivity index (χ1) is 15.1. The van der Waals surface area contributed by atoms with E-state index in [0.29, 0.717) is 51.9 Å². The molecule has 1 saturated heterocycles. The van der Waals surface area contributed by atoms with Gasteiger partial charge < -0.3 is 19.4 Å². The molecule has 0 spiro atoms. The van der Waals surface area contributed by atoms with Crippen molar-refractivity contribution in [2.45, 2.75) is 45.3 Å². The number of nitrogens with one attached hydrogen (secondary N) is 1. The third-order valence-electron chi connectivity index (χ3n) is 5.19. The molecule has 0 bridgehead atoms.